The summed E-state index contributed by atoms with van der Waals surface area (Å²) in [6.07, 6.45) is -4.17. The van der Waals surface area contributed by atoms with Gasteiger partial charge in [0, 0.05) is 17.8 Å². The number of hydrogen-bond acceptors (Lipinski definition) is 4. The molecule has 9 heteroatoms. The SMILES string of the molecule is CCc1ccccc1NC(=O)CCC(=O)OCC(=O)Nc1cccc(C(F)(F)F)c1. The van der Waals surface area contributed by atoms with E-state index in [9.17, 15) is 27.6 Å². The zero-order valence-electron chi connectivity index (χ0n) is 16.2. The highest BCUT2D eigenvalue weighted by molar-refractivity contribution is 5.94. The number of para-hydroxylation sites is 1. The maximum Gasteiger partial charge on any atom is 0.416 e. The van der Waals surface area contributed by atoms with Crippen molar-refractivity contribution in [3.8, 4) is 0 Å². The molecule has 2 amide bonds. The van der Waals surface area contributed by atoms with Crippen LogP contribution in [0, 0.1) is 0 Å². The van der Waals surface area contributed by atoms with Gasteiger partial charge in [0.2, 0.25) is 5.91 Å². The Hall–Kier alpha value is -3.36. The molecule has 0 aliphatic heterocycles. The van der Waals surface area contributed by atoms with Gasteiger partial charge in [-0.3, -0.25) is 14.4 Å². The molecule has 2 rings (SSSR count). The first-order chi connectivity index (χ1) is 14.2. The molecule has 0 fully saturated rings. The number of esters is 1. The summed E-state index contributed by atoms with van der Waals surface area (Å²) in [7, 11) is 0. The molecule has 6 nitrogen and oxygen atoms in total. The molecule has 0 aromatic heterocycles. The van der Waals surface area contributed by atoms with Crippen molar-refractivity contribution in [3.63, 3.8) is 0 Å². The van der Waals surface area contributed by atoms with E-state index < -0.39 is 30.2 Å². The number of hydrogen-bond donors (Lipinski definition) is 2. The van der Waals surface area contributed by atoms with Crippen molar-refractivity contribution in [2.45, 2.75) is 32.4 Å². The van der Waals surface area contributed by atoms with Gasteiger partial charge in [-0.05, 0) is 36.2 Å². The number of carbonyl (C=O) groups excluding carboxylic acids is 3. The summed E-state index contributed by atoms with van der Waals surface area (Å²) in [6.45, 7) is 1.28. The Kier molecular flexibility index (Phi) is 7.97. The lowest BCUT2D eigenvalue weighted by Gasteiger charge is -2.10. The van der Waals surface area contributed by atoms with Gasteiger partial charge < -0.3 is 15.4 Å². The first-order valence-corrected chi connectivity index (χ1v) is 9.19. The van der Waals surface area contributed by atoms with E-state index in [1.54, 1.807) is 12.1 Å². The number of aryl methyl sites for hydroxylation is 1. The molecule has 0 bridgehead atoms. The van der Waals surface area contributed by atoms with Crippen LogP contribution in [0.25, 0.3) is 0 Å². The van der Waals surface area contributed by atoms with Gasteiger partial charge in [-0.2, -0.15) is 13.2 Å². The monoisotopic (exact) mass is 422 g/mol. The smallest absolute Gasteiger partial charge is 0.416 e. The van der Waals surface area contributed by atoms with Crippen LogP contribution in [0.3, 0.4) is 0 Å². The van der Waals surface area contributed by atoms with Gasteiger partial charge in [-0.15, -0.1) is 0 Å². The Morgan fingerprint density at radius 1 is 0.933 bits per heavy atom. The first kappa shape index (κ1) is 22.9. The van der Waals surface area contributed by atoms with E-state index in [1.165, 1.54) is 6.07 Å². The molecule has 0 heterocycles. The molecule has 0 aliphatic rings. The second kappa shape index (κ2) is 10.4. The average molecular weight is 422 g/mol. The second-order valence-corrected chi connectivity index (χ2v) is 6.35. The predicted molar refractivity (Wildman–Crippen MR) is 105 cm³/mol. The van der Waals surface area contributed by atoms with Gasteiger partial charge in [0.05, 0.1) is 12.0 Å². The Morgan fingerprint density at radius 3 is 2.37 bits per heavy atom. The van der Waals surface area contributed by atoms with Gasteiger partial charge in [0.15, 0.2) is 6.61 Å². The van der Waals surface area contributed by atoms with E-state index in [-0.39, 0.29) is 24.4 Å². The number of amides is 2. The molecule has 2 aromatic carbocycles. The largest absolute Gasteiger partial charge is 0.456 e. The third-order valence-electron chi connectivity index (χ3n) is 4.07. The zero-order valence-corrected chi connectivity index (χ0v) is 16.2. The van der Waals surface area contributed by atoms with Gasteiger partial charge >= 0.3 is 12.1 Å². The summed E-state index contributed by atoms with van der Waals surface area (Å²) in [5.41, 5.74) is 0.645. The fourth-order valence-electron chi connectivity index (χ4n) is 2.57. The molecular formula is C21H21F3N2O4. The normalized spacial score (nSPS) is 10.9. The molecule has 0 saturated heterocycles. The maximum atomic E-state index is 12.7. The van der Waals surface area contributed by atoms with Gasteiger partial charge in [0.25, 0.3) is 5.91 Å². The standard InChI is InChI=1S/C21H21F3N2O4/c1-2-14-6-3-4-9-17(14)26-18(27)10-11-20(29)30-13-19(28)25-16-8-5-7-15(12-16)21(22,23)24/h3-9,12H,2,10-11,13H2,1H3,(H,25,28)(H,26,27). The minimum atomic E-state index is -4.54. The average Bonchev–Trinajstić information content (AvgIpc) is 2.70. The van der Waals surface area contributed by atoms with Crippen LogP contribution in [0.4, 0.5) is 24.5 Å². The van der Waals surface area contributed by atoms with Crippen molar-refractivity contribution < 1.29 is 32.3 Å². The third-order valence-corrected chi connectivity index (χ3v) is 4.07. The first-order valence-electron chi connectivity index (χ1n) is 9.19. The van der Waals surface area contributed by atoms with E-state index in [2.05, 4.69) is 10.6 Å². The number of benzene rings is 2. The Balaban J connectivity index is 1.75. The predicted octanol–water partition coefficient (Wildman–Crippen LogP) is 4.17. The number of anilines is 2. The van der Waals surface area contributed by atoms with Gasteiger partial charge in [0.1, 0.15) is 0 Å². The number of nitrogens with one attached hydrogen (secondary N) is 2. The fourth-order valence-corrected chi connectivity index (χ4v) is 2.57. The van der Waals surface area contributed by atoms with Crippen molar-refractivity contribution in [2.24, 2.45) is 0 Å². The van der Waals surface area contributed by atoms with E-state index in [4.69, 9.17) is 4.74 Å². The number of ether oxygens (including phenoxy) is 1. The van der Waals surface area contributed by atoms with Crippen LogP contribution in [0.15, 0.2) is 48.5 Å². The second-order valence-electron chi connectivity index (χ2n) is 6.35. The molecule has 0 radical (unpaired) electrons. The topological polar surface area (TPSA) is 84.5 Å². The van der Waals surface area contributed by atoms with Crippen LogP contribution in [0.2, 0.25) is 0 Å². The highest BCUT2D eigenvalue weighted by atomic mass is 19.4. The van der Waals surface area contributed by atoms with Crippen molar-refractivity contribution >= 4 is 29.2 Å². The Bertz CT molecular complexity index is 913. The highest BCUT2D eigenvalue weighted by Gasteiger charge is 2.30. The summed E-state index contributed by atoms with van der Waals surface area (Å²) < 4.78 is 42.8. The van der Waals surface area contributed by atoms with E-state index in [0.29, 0.717) is 5.69 Å². The zero-order chi connectivity index (χ0) is 22.1. The van der Waals surface area contributed by atoms with E-state index >= 15 is 0 Å². The molecule has 0 saturated carbocycles. The summed E-state index contributed by atoms with van der Waals surface area (Å²) in [4.78, 5) is 35.5. The molecule has 2 aromatic rings. The third kappa shape index (κ3) is 7.23. The molecule has 0 unspecified atom stereocenters. The quantitative estimate of drug-likeness (QED) is 0.626. The molecule has 2 N–H and O–H groups in total. The number of alkyl halides is 3. The van der Waals surface area contributed by atoms with Gasteiger partial charge in [-0.25, -0.2) is 0 Å². The number of halogens is 3. The number of rotatable bonds is 8. The summed E-state index contributed by atoms with van der Waals surface area (Å²) in [5.74, 6) is -1.93. The summed E-state index contributed by atoms with van der Waals surface area (Å²) >= 11 is 0. The van der Waals surface area contributed by atoms with Crippen molar-refractivity contribution in [1.82, 2.24) is 0 Å². The molecule has 160 valence electrons. The van der Waals surface area contributed by atoms with E-state index in [0.717, 1.165) is 30.2 Å². The number of carbonyl (C=O) groups is 3. The van der Waals surface area contributed by atoms with Crippen molar-refractivity contribution in [3.05, 3.63) is 59.7 Å². The molecule has 30 heavy (non-hydrogen) atoms. The van der Waals surface area contributed by atoms with Crippen molar-refractivity contribution in [1.29, 1.82) is 0 Å². The summed E-state index contributed by atoms with van der Waals surface area (Å²) in [5, 5.41) is 4.94. The molecule has 0 spiro atoms. The van der Waals surface area contributed by atoms with Gasteiger partial charge in [-0.1, -0.05) is 31.2 Å². The molecule has 0 atom stereocenters. The fraction of sp³-hybridized carbons (Fsp3) is 0.286. The minimum Gasteiger partial charge on any atom is -0.456 e. The lowest BCUT2D eigenvalue weighted by atomic mass is 10.1. The molecular weight excluding hydrogens is 401 g/mol. The molecule has 0 aliphatic carbocycles. The lowest BCUT2D eigenvalue weighted by molar-refractivity contribution is -0.147. The van der Waals surface area contributed by atoms with Crippen molar-refractivity contribution in [2.75, 3.05) is 17.2 Å². The van der Waals surface area contributed by atoms with Crippen LogP contribution in [-0.4, -0.2) is 24.4 Å². The van der Waals surface area contributed by atoms with Crippen LogP contribution >= 0.6 is 0 Å². The lowest BCUT2D eigenvalue weighted by Crippen LogP contribution is -2.22. The van der Waals surface area contributed by atoms with Crippen LogP contribution < -0.4 is 10.6 Å². The Morgan fingerprint density at radius 2 is 1.67 bits per heavy atom. The van der Waals surface area contributed by atoms with Crippen LogP contribution in [0.1, 0.15) is 30.9 Å². The minimum absolute atomic E-state index is 0.0696. The highest BCUT2D eigenvalue weighted by Crippen LogP contribution is 2.30. The van der Waals surface area contributed by atoms with E-state index in [1.807, 2.05) is 19.1 Å². The van der Waals surface area contributed by atoms with Crippen LogP contribution in [-0.2, 0) is 31.7 Å². The summed E-state index contributed by atoms with van der Waals surface area (Å²) in [6, 6.07) is 11.4. The van der Waals surface area contributed by atoms with Crippen LogP contribution in [0.5, 0.6) is 0 Å². The Labute approximate surface area is 171 Å². The maximum absolute atomic E-state index is 12.7.